The second-order valence-corrected chi connectivity index (χ2v) is 8.72. The van der Waals surface area contributed by atoms with Gasteiger partial charge in [-0.05, 0) is 53.6 Å². The summed E-state index contributed by atoms with van der Waals surface area (Å²) in [6.45, 7) is 0.239. The minimum Gasteiger partial charge on any atom is -0.484 e. The Kier molecular flexibility index (Phi) is 7.19. The lowest BCUT2D eigenvalue weighted by Crippen LogP contribution is -2.29. The molecule has 0 fully saturated rings. The molecular weight excluding hydrogens is 421 g/mol. The highest BCUT2D eigenvalue weighted by molar-refractivity contribution is 7.92. The van der Waals surface area contributed by atoms with Gasteiger partial charge in [0.2, 0.25) is 10.0 Å². The highest BCUT2D eigenvalue weighted by Crippen LogP contribution is 2.23. The summed E-state index contributed by atoms with van der Waals surface area (Å²) in [5.74, 6) is -0.252. The summed E-state index contributed by atoms with van der Waals surface area (Å²) in [6.07, 6.45) is 4.43. The van der Waals surface area contributed by atoms with Crippen LogP contribution in [-0.2, 0) is 27.9 Å². The van der Waals surface area contributed by atoms with E-state index < -0.39 is 10.0 Å². The maximum atomic E-state index is 13.1. The molecular formula is C22H22FN3O4S. The van der Waals surface area contributed by atoms with E-state index in [0.29, 0.717) is 23.5 Å². The van der Waals surface area contributed by atoms with E-state index in [9.17, 15) is 17.6 Å². The Morgan fingerprint density at radius 1 is 1.06 bits per heavy atom. The zero-order chi connectivity index (χ0) is 22.3. The lowest BCUT2D eigenvalue weighted by molar-refractivity contribution is -0.123. The molecule has 3 rings (SSSR count). The molecule has 0 aliphatic heterocycles. The molecule has 0 bridgehead atoms. The molecule has 162 valence electrons. The molecule has 9 heteroatoms. The first-order valence-electron chi connectivity index (χ1n) is 9.42. The lowest BCUT2D eigenvalue weighted by atomic mass is 10.2. The van der Waals surface area contributed by atoms with Gasteiger partial charge >= 0.3 is 0 Å². The van der Waals surface area contributed by atoms with Crippen LogP contribution in [0, 0.1) is 5.82 Å². The second kappa shape index (κ2) is 10.0. The number of amides is 1. The monoisotopic (exact) mass is 443 g/mol. The summed E-state index contributed by atoms with van der Waals surface area (Å²) in [7, 11) is -3.57. The number of halogens is 1. The Balaban J connectivity index is 1.59. The summed E-state index contributed by atoms with van der Waals surface area (Å²) in [5, 5.41) is 2.73. The van der Waals surface area contributed by atoms with Crippen LogP contribution in [0.3, 0.4) is 0 Å². The number of carbonyl (C=O) groups excluding carboxylic acids is 1. The standard InChI is InChI=1S/C22H22FN3O4S/c1-31(28,29)26(15-17-4-6-19(23)7-5-17)20-8-10-21(11-9-20)30-16-22(27)25-14-18-3-2-12-24-13-18/h2-13H,14-16H2,1H3,(H,25,27). The maximum Gasteiger partial charge on any atom is 0.258 e. The summed E-state index contributed by atoms with van der Waals surface area (Å²) >= 11 is 0. The van der Waals surface area contributed by atoms with Crippen LogP contribution in [0.1, 0.15) is 11.1 Å². The smallest absolute Gasteiger partial charge is 0.258 e. The van der Waals surface area contributed by atoms with Gasteiger partial charge in [-0.15, -0.1) is 0 Å². The van der Waals surface area contributed by atoms with Crippen LogP contribution in [0.15, 0.2) is 73.1 Å². The van der Waals surface area contributed by atoms with Crippen molar-refractivity contribution in [2.75, 3.05) is 17.2 Å². The predicted molar refractivity (Wildman–Crippen MR) is 115 cm³/mol. The van der Waals surface area contributed by atoms with E-state index >= 15 is 0 Å². The maximum absolute atomic E-state index is 13.1. The highest BCUT2D eigenvalue weighted by atomic mass is 32.2. The number of anilines is 1. The molecule has 7 nitrogen and oxygen atoms in total. The van der Waals surface area contributed by atoms with E-state index in [1.807, 2.05) is 6.07 Å². The zero-order valence-electron chi connectivity index (χ0n) is 16.9. The van der Waals surface area contributed by atoms with Gasteiger partial charge in [0.05, 0.1) is 18.5 Å². The van der Waals surface area contributed by atoms with Crippen molar-refractivity contribution < 1.29 is 22.3 Å². The molecule has 31 heavy (non-hydrogen) atoms. The van der Waals surface area contributed by atoms with Crippen molar-refractivity contribution in [1.29, 1.82) is 0 Å². The molecule has 0 spiro atoms. The van der Waals surface area contributed by atoms with E-state index in [4.69, 9.17) is 4.74 Å². The molecule has 0 aliphatic rings. The van der Waals surface area contributed by atoms with Crippen LogP contribution < -0.4 is 14.4 Å². The van der Waals surface area contributed by atoms with Crippen molar-refractivity contribution in [2.24, 2.45) is 0 Å². The van der Waals surface area contributed by atoms with Crippen molar-refractivity contribution in [1.82, 2.24) is 10.3 Å². The van der Waals surface area contributed by atoms with Crippen LogP contribution >= 0.6 is 0 Å². The summed E-state index contributed by atoms with van der Waals surface area (Å²) < 4.78 is 44.3. The normalized spacial score (nSPS) is 11.0. The third-order valence-corrected chi connectivity index (χ3v) is 5.49. The van der Waals surface area contributed by atoms with Crippen LogP contribution in [0.5, 0.6) is 5.75 Å². The lowest BCUT2D eigenvalue weighted by Gasteiger charge is -2.22. The molecule has 1 aromatic heterocycles. The first-order valence-corrected chi connectivity index (χ1v) is 11.3. The number of rotatable bonds is 9. The minimum absolute atomic E-state index is 0.0655. The van der Waals surface area contributed by atoms with Crippen LogP contribution in [0.2, 0.25) is 0 Å². The number of ether oxygens (including phenoxy) is 1. The highest BCUT2D eigenvalue weighted by Gasteiger charge is 2.18. The number of aromatic nitrogens is 1. The molecule has 0 atom stereocenters. The summed E-state index contributed by atoms with van der Waals surface area (Å²) in [6, 6.07) is 15.6. The molecule has 0 radical (unpaired) electrons. The molecule has 2 aromatic carbocycles. The molecule has 0 saturated heterocycles. The van der Waals surface area contributed by atoms with Crippen molar-refractivity contribution in [3.8, 4) is 5.75 Å². The molecule has 3 aromatic rings. The SMILES string of the molecule is CS(=O)(=O)N(Cc1ccc(F)cc1)c1ccc(OCC(=O)NCc2cccnc2)cc1. The van der Waals surface area contributed by atoms with E-state index in [2.05, 4.69) is 10.3 Å². The van der Waals surface area contributed by atoms with Gasteiger partial charge in [0.15, 0.2) is 6.61 Å². The first kappa shape index (κ1) is 22.2. The summed E-state index contributed by atoms with van der Waals surface area (Å²) in [5.41, 5.74) is 1.96. The van der Waals surface area contributed by atoms with Crippen molar-refractivity contribution >= 4 is 21.6 Å². The largest absolute Gasteiger partial charge is 0.484 e. The number of carbonyl (C=O) groups is 1. The quantitative estimate of drug-likeness (QED) is 0.549. The summed E-state index contributed by atoms with van der Waals surface area (Å²) in [4.78, 5) is 15.9. The molecule has 1 amide bonds. The van der Waals surface area contributed by atoms with E-state index in [0.717, 1.165) is 11.8 Å². The third-order valence-electron chi connectivity index (χ3n) is 4.35. The van der Waals surface area contributed by atoms with E-state index in [1.165, 1.54) is 28.6 Å². The second-order valence-electron chi connectivity index (χ2n) is 6.82. The average Bonchev–Trinajstić information content (AvgIpc) is 2.76. The number of nitrogens with zero attached hydrogens (tertiary/aromatic N) is 2. The van der Waals surface area contributed by atoms with Gasteiger partial charge in [0, 0.05) is 18.9 Å². The number of hydrogen-bond acceptors (Lipinski definition) is 5. The van der Waals surface area contributed by atoms with Crippen LogP contribution in [0.4, 0.5) is 10.1 Å². The Morgan fingerprint density at radius 2 is 1.77 bits per heavy atom. The molecule has 1 N–H and O–H groups in total. The van der Waals surface area contributed by atoms with Crippen LogP contribution in [-0.4, -0.2) is 32.2 Å². The fourth-order valence-electron chi connectivity index (χ4n) is 2.77. The Labute approximate surface area is 180 Å². The Hall–Kier alpha value is -3.46. The molecule has 0 aliphatic carbocycles. The van der Waals surface area contributed by atoms with Gasteiger partial charge < -0.3 is 10.1 Å². The van der Waals surface area contributed by atoms with Gasteiger partial charge in [0.1, 0.15) is 11.6 Å². The molecule has 0 saturated carbocycles. The van der Waals surface area contributed by atoms with Crippen molar-refractivity contribution in [2.45, 2.75) is 13.1 Å². The molecule has 0 unspecified atom stereocenters. The fraction of sp³-hybridized carbons (Fsp3) is 0.182. The van der Waals surface area contributed by atoms with Gasteiger partial charge in [0.25, 0.3) is 5.91 Å². The van der Waals surface area contributed by atoms with Crippen LogP contribution in [0.25, 0.3) is 0 Å². The van der Waals surface area contributed by atoms with Gasteiger partial charge in [-0.2, -0.15) is 0 Å². The number of nitrogens with one attached hydrogen (secondary N) is 1. The number of benzene rings is 2. The minimum atomic E-state index is -3.57. The third kappa shape index (κ3) is 6.78. The van der Waals surface area contributed by atoms with Gasteiger partial charge in [-0.25, -0.2) is 12.8 Å². The van der Waals surface area contributed by atoms with Gasteiger partial charge in [-0.1, -0.05) is 18.2 Å². The number of pyridine rings is 1. The Bertz CT molecular complexity index is 1110. The number of hydrogen-bond donors (Lipinski definition) is 1. The fourth-order valence-corrected chi connectivity index (χ4v) is 3.66. The molecule has 1 heterocycles. The topological polar surface area (TPSA) is 88.6 Å². The Morgan fingerprint density at radius 3 is 2.39 bits per heavy atom. The van der Waals surface area contributed by atoms with E-state index in [1.54, 1.807) is 42.7 Å². The van der Waals surface area contributed by atoms with E-state index in [-0.39, 0.29) is 24.9 Å². The average molecular weight is 444 g/mol. The number of sulfonamides is 1. The van der Waals surface area contributed by atoms with Crippen molar-refractivity contribution in [3.05, 3.63) is 90.0 Å². The zero-order valence-corrected chi connectivity index (χ0v) is 17.7. The van der Waals surface area contributed by atoms with Gasteiger partial charge in [-0.3, -0.25) is 14.1 Å². The van der Waals surface area contributed by atoms with Crippen molar-refractivity contribution in [3.63, 3.8) is 0 Å². The predicted octanol–water partition coefficient (Wildman–Crippen LogP) is 2.88. The first-order chi connectivity index (χ1) is 14.8.